The molecular formula is C24H19FN2. The van der Waals surface area contributed by atoms with Crippen LogP contribution in [0.2, 0.25) is 0 Å². The van der Waals surface area contributed by atoms with Gasteiger partial charge in [0.25, 0.3) is 0 Å². The monoisotopic (exact) mass is 354 g/mol. The van der Waals surface area contributed by atoms with Crippen molar-refractivity contribution in [3.05, 3.63) is 95.4 Å². The number of halogens is 1. The van der Waals surface area contributed by atoms with Gasteiger partial charge in [-0.3, -0.25) is 0 Å². The van der Waals surface area contributed by atoms with Gasteiger partial charge in [0, 0.05) is 11.1 Å². The van der Waals surface area contributed by atoms with Gasteiger partial charge in [0.15, 0.2) is 0 Å². The molecule has 1 aliphatic carbocycles. The first-order valence-electron chi connectivity index (χ1n) is 9.24. The molecule has 0 radical (unpaired) electrons. The maximum atomic E-state index is 14.0. The Bertz CT molecular complexity index is 1140. The molecule has 0 saturated carbocycles. The minimum absolute atomic E-state index is 0.234. The third-order valence-corrected chi connectivity index (χ3v) is 5.25. The molecule has 0 bridgehead atoms. The topological polar surface area (TPSA) is 17.8 Å². The van der Waals surface area contributed by atoms with E-state index in [1.54, 1.807) is 12.1 Å². The van der Waals surface area contributed by atoms with E-state index >= 15 is 0 Å². The lowest BCUT2D eigenvalue weighted by molar-refractivity contribution is 0.628. The van der Waals surface area contributed by atoms with Gasteiger partial charge in [0.2, 0.25) is 0 Å². The van der Waals surface area contributed by atoms with Crippen molar-refractivity contribution in [1.82, 2.24) is 9.78 Å². The van der Waals surface area contributed by atoms with Crippen LogP contribution in [0, 0.1) is 12.7 Å². The van der Waals surface area contributed by atoms with E-state index in [9.17, 15) is 4.39 Å². The second-order valence-electron chi connectivity index (χ2n) is 7.09. The molecule has 27 heavy (non-hydrogen) atoms. The molecule has 0 saturated heterocycles. The Morgan fingerprint density at radius 3 is 2.52 bits per heavy atom. The molecule has 0 amide bonds. The molecule has 0 N–H and O–H groups in total. The Hall–Kier alpha value is -3.20. The van der Waals surface area contributed by atoms with E-state index in [1.165, 1.54) is 22.8 Å². The lowest BCUT2D eigenvalue weighted by Gasteiger charge is -2.17. The van der Waals surface area contributed by atoms with Crippen molar-refractivity contribution in [1.29, 1.82) is 0 Å². The average Bonchev–Trinajstić information content (AvgIpc) is 3.08. The van der Waals surface area contributed by atoms with Crippen LogP contribution in [0.1, 0.15) is 16.8 Å². The highest BCUT2D eigenvalue weighted by atomic mass is 19.1. The number of nitrogens with zero attached hydrogens (tertiary/aromatic N) is 2. The summed E-state index contributed by atoms with van der Waals surface area (Å²) in [6, 6.07) is 23.6. The van der Waals surface area contributed by atoms with Gasteiger partial charge in [0.1, 0.15) is 5.82 Å². The summed E-state index contributed by atoms with van der Waals surface area (Å²) in [7, 11) is 0. The minimum Gasteiger partial charge on any atom is -0.232 e. The zero-order valence-corrected chi connectivity index (χ0v) is 15.1. The number of rotatable bonds is 2. The van der Waals surface area contributed by atoms with Crippen LogP contribution in [-0.4, -0.2) is 9.78 Å². The zero-order valence-electron chi connectivity index (χ0n) is 15.1. The molecule has 2 nitrogen and oxygen atoms in total. The molecule has 1 aliphatic rings. The van der Waals surface area contributed by atoms with Crippen LogP contribution in [0.5, 0.6) is 0 Å². The quantitative estimate of drug-likeness (QED) is 0.448. The molecule has 0 atom stereocenters. The summed E-state index contributed by atoms with van der Waals surface area (Å²) in [5.74, 6) is -0.234. The highest BCUT2D eigenvalue weighted by Gasteiger charge is 2.26. The van der Waals surface area contributed by atoms with E-state index in [0.717, 1.165) is 41.0 Å². The van der Waals surface area contributed by atoms with Gasteiger partial charge in [-0.15, -0.1) is 0 Å². The first-order valence-corrected chi connectivity index (χ1v) is 9.24. The van der Waals surface area contributed by atoms with E-state index in [1.807, 2.05) is 10.7 Å². The van der Waals surface area contributed by atoms with Crippen LogP contribution >= 0.6 is 0 Å². The third kappa shape index (κ3) is 2.67. The fraction of sp³-hybridized carbons (Fsp3) is 0.125. The zero-order chi connectivity index (χ0) is 18.4. The first-order chi connectivity index (χ1) is 13.2. The van der Waals surface area contributed by atoms with Crippen molar-refractivity contribution in [3.63, 3.8) is 0 Å². The van der Waals surface area contributed by atoms with Crippen LogP contribution in [0.3, 0.4) is 0 Å². The van der Waals surface area contributed by atoms with Crippen LogP contribution in [-0.2, 0) is 12.8 Å². The van der Waals surface area contributed by atoms with Gasteiger partial charge in [-0.05, 0) is 55.2 Å². The molecule has 0 unspecified atom stereocenters. The molecule has 4 aromatic rings. The Balaban J connectivity index is 1.83. The maximum absolute atomic E-state index is 14.0. The molecule has 0 aliphatic heterocycles. The van der Waals surface area contributed by atoms with Crippen molar-refractivity contribution >= 4 is 0 Å². The number of aromatic nitrogens is 2. The van der Waals surface area contributed by atoms with Crippen LogP contribution in [0.4, 0.5) is 4.39 Å². The molecule has 0 spiro atoms. The van der Waals surface area contributed by atoms with Gasteiger partial charge in [-0.25, -0.2) is 9.07 Å². The number of aryl methyl sites for hydroxylation is 3. The summed E-state index contributed by atoms with van der Waals surface area (Å²) < 4.78 is 16.0. The highest BCUT2D eigenvalue weighted by molar-refractivity contribution is 5.86. The largest absolute Gasteiger partial charge is 0.232 e. The van der Waals surface area contributed by atoms with E-state index in [-0.39, 0.29) is 5.82 Å². The van der Waals surface area contributed by atoms with Crippen molar-refractivity contribution in [2.45, 2.75) is 19.8 Å². The Kier molecular flexibility index (Phi) is 3.68. The van der Waals surface area contributed by atoms with Gasteiger partial charge in [-0.2, -0.15) is 5.10 Å². The molecule has 1 heterocycles. The molecule has 1 aromatic heterocycles. The van der Waals surface area contributed by atoms with Crippen LogP contribution < -0.4 is 0 Å². The molecule has 0 fully saturated rings. The molecule has 132 valence electrons. The summed E-state index contributed by atoms with van der Waals surface area (Å²) >= 11 is 0. The second kappa shape index (κ2) is 6.20. The number of hydrogen-bond acceptors (Lipinski definition) is 1. The third-order valence-electron chi connectivity index (χ3n) is 5.25. The van der Waals surface area contributed by atoms with E-state index < -0.39 is 0 Å². The van der Waals surface area contributed by atoms with Crippen molar-refractivity contribution in [2.24, 2.45) is 0 Å². The summed E-state index contributed by atoms with van der Waals surface area (Å²) in [6.45, 7) is 2.07. The molecule has 5 rings (SSSR count). The Morgan fingerprint density at radius 2 is 1.70 bits per heavy atom. The summed E-state index contributed by atoms with van der Waals surface area (Å²) in [5, 5.41) is 4.95. The predicted octanol–water partition coefficient (Wildman–Crippen LogP) is 5.75. The van der Waals surface area contributed by atoms with Crippen LogP contribution in [0.15, 0.2) is 72.8 Å². The average molecular weight is 354 g/mol. The first kappa shape index (κ1) is 16.0. The molecule has 3 heteroatoms. The molecule has 3 aromatic carbocycles. The SMILES string of the molecule is Cc1ccc(-n2nc3c(c2-c2cccc(F)c2)-c2ccccc2CC3)cc1. The fourth-order valence-electron chi connectivity index (χ4n) is 3.93. The number of benzene rings is 3. The van der Waals surface area contributed by atoms with E-state index in [2.05, 4.69) is 55.5 Å². The van der Waals surface area contributed by atoms with Crippen LogP contribution in [0.25, 0.3) is 28.1 Å². The second-order valence-corrected chi connectivity index (χ2v) is 7.09. The fourth-order valence-corrected chi connectivity index (χ4v) is 3.93. The maximum Gasteiger partial charge on any atom is 0.123 e. The van der Waals surface area contributed by atoms with Gasteiger partial charge < -0.3 is 0 Å². The summed E-state index contributed by atoms with van der Waals surface area (Å²) in [4.78, 5) is 0. The molecular weight excluding hydrogens is 335 g/mol. The lowest BCUT2D eigenvalue weighted by Crippen LogP contribution is -2.03. The smallest absolute Gasteiger partial charge is 0.123 e. The Labute approximate surface area is 157 Å². The summed E-state index contributed by atoms with van der Waals surface area (Å²) in [6.07, 6.45) is 1.88. The van der Waals surface area contributed by atoms with Gasteiger partial charge in [0.05, 0.1) is 17.1 Å². The standard InChI is InChI=1S/C24H19FN2/c1-16-9-12-20(13-10-16)27-24(18-6-4-7-19(25)15-18)23-21-8-3-2-5-17(21)11-14-22(23)26-27/h2-10,12-13,15H,11,14H2,1H3. The number of hydrogen-bond donors (Lipinski definition) is 0. The van der Waals surface area contributed by atoms with Gasteiger partial charge >= 0.3 is 0 Å². The predicted molar refractivity (Wildman–Crippen MR) is 107 cm³/mol. The highest BCUT2D eigenvalue weighted by Crippen LogP contribution is 2.41. The summed E-state index contributed by atoms with van der Waals surface area (Å²) in [5.41, 5.74) is 8.74. The minimum atomic E-state index is -0.234. The van der Waals surface area contributed by atoms with E-state index in [0.29, 0.717) is 0 Å². The van der Waals surface area contributed by atoms with Crippen molar-refractivity contribution < 1.29 is 4.39 Å². The number of fused-ring (bicyclic) bond motifs is 3. The van der Waals surface area contributed by atoms with Gasteiger partial charge in [-0.1, -0.05) is 54.1 Å². The lowest BCUT2D eigenvalue weighted by atomic mass is 9.87. The normalized spacial score (nSPS) is 12.5. The van der Waals surface area contributed by atoms with Crippen molar-refractivity contribution in [3.8, 4) is 28.1 Å². The van der Waals surface area contributed by atoms with E-state index in [4.69, 9.17) is 5.10 Å². The Morgan fingerprint density at radius 1 is 0.889 bits per heavy atom. The van der Waals surface area contributed by atoms with Crippen molar-refractivity contribution in [2.75, 3.05) is 0 Å².